The zero-order chi connectivity index (χ0) is 15.2. The van der Waals surface area contributed by atoms with Crippen LogP contribution < -0.4 is 4.90 Å². The third-order valence-corrected chi connectivity index (χ3v) is 3.36. The van der Waals surface area contributed by atoms with Crippen LogP contribution in [0, 0.1) is 10.1 Å². The summed E-state index contributed by atoms with van der Waals surface area (Å²) in [4.78, 5) is 12.4. The van der Waals surface area contributed by atoms with E-state index in [4.69, 9.17) is 0 Å². The van der Waals surface area contributed by atoms with Crippen molar-refractivity contribution in [3.63, 3.8) is 0 Å². The van der Waals surface area contributed by atoms with Crippen molar-refractivity contribution >= 4 is 11.4 Å². The van der Waals surface area contributed by atoms with E-state index in [0.717, 1.165) is 12.2 Å². The van der Waals surface area contributed by atoms with Crippen molar-refractivity contribution in [2.75, 3.05) is 18.0 Å². The molecule has 0 fully saturated rings. The molecule has 1 unspecified atom stereocenters. The zero-order valence-corrected chi connectivity index (χ0v) is 11.8. The monoisotopic (exact) mass is 286 g/mol. The Labute approximate surface area is 123 Å². The first kappa shape index (κ1) is 15.0. The molecule has 110 valence electrons. The number of anilines is 1. The van der Waals surface area contributed by atoms with E-state index in [9.17, 15) is 15.2 Å². The Morgan fingerprint density at radius 2 is 1.90 bits per heavy atom. The number of aliphatic hydroxyl groups is 1. The molecule has 2 aromatic carbocycles. The van der Waals surface area contributed by atoms with Gasteiger partial charge in [0.15, 0.2) is 0 Å². The highest BCUT2D eigenvalue weighted by molar-refractivity contribution is 5.46. The summed E-state index contributed by atoms with van der Waals surface area (Å²) in [5.74, 6) is 0. The molecule has 0 spiro atoms. The summed E-state index contributed by atoms with van der Waals surface area (Å²) >= 11 is 0. The predicted molar refractivity (Wildman–Crippen MR) is 82.4 cm³/mol. The molecule has 0 amide bonds. The zero-order valence-electron chi connectivity index (χ0n) is 11.8. The van der Waals surface area contributed by atoms with Crippen LogP contribution in [0.3, 0.4) is 0 Å². The Kier molecular flexibility index (Phi) is 4.90. The Hall–Kier alpha value is -2.40. The average molecular weight is 286 g/mol. The summed E-state index contributed by atoms with van der Waals surface area (Å²) in [5, 5.41) is 21.1. The first-order valence-corrected chi connectivity index (χ1v) is 6.84. The fourth-order valence-electron chi connectivity index (χ4n) is 2.22. The molecule has 0 aromatic heterocycles. The fourth-order valence-corrected chi connectivity index (χ4v) is 2.22. The number of nitro benzene ring substituents is 1. The topological polar surface area (TPSA) is 66.6 Å². The van der Waals surface area contributed by atoms with Gasteiger partial charge in [-0.05, 0) is 24.6 Å². The van der Waals surface area contributed by atoms with Crippen LogP contribution in [0.1, 0.15) is 18.6 Å². The maximum absolute atomic E-state index is 10.8. The smallest absolute Gasteiger partial charge is 0.269 e. The molecule has 2 rings (SSSR count). The van der Waals surface area contributed by atoms with E-state index in [2.05, 4.69) is 0 Å². The predicted octanol–water partition coefficient (Wildman–Crippen LogP) is 3.15. The van der Waals surface area contributed by atoms with Crippen molar-refractivity contribution in [2.45, 2.75) is 13.0 Å². The largest absolute Gasteiger partial charge is 0.387 e. The number of para-hydroxylation sites is 1. The minimum Gasteiger partial charge on any atom is -0.387 e. The van der Waals surface area contributed by atoms with E-state index < -0.39 is 11.0 Å². The molecule has 0 saturated heterocycles. The molecule has 0 saturated carbocycles. The van der Waals surface area contributed by atoms with E-state index in [1.54, 1.807) is 12.1 Å². The summed E-state index contributed by atoms with van der Waals surface area (Å²) in [6.45, 7) is 3.14. The third-order valence-electron chi connectivity index (χ3n) is 3.36. The molecule has 0 aliphatic carbocycles. The number of nitrogens with zero attached hydrogens (tertiary/aromatic N) is 2. The number of hydrogen-bond donors (Lipinski definition) is 1. The van der Waals surface area contributed by atoms with Gasteiger partial charge >= 0.3 is 0 Å². The summed E-state index contributed by atoms with van der Waals surface area (Å²) in [6, 6.07) is 15.9. The minimum absolute atomic E-state index is 0.00527. The first-order valence-electron chi connectivity index (χ1n) is 6.84. The normalized spacial score (nSPS) is 11.9. The highest BCUT2D eigenvalue weighted by atomic mass is 16.6. The Morgan fingerprint density at radius 3 is 2.52 bits per heavy atom. The first-order chi connectivity index (χ1) is 10.1. The molecular formula is C16H18N2O3. The lowest BCUT2D eigenvalue weighted by Gasteiger charge is -2.26. The third kappa shape index (κ3) is 3.79. The maximum Gasteiger partial charge on any atom is 0.269 e. The molecule has 0 bridgehead atoms. The SMILES string of the molecule is CCN(CC(O)c1cccc([N+](=O)[O-])c1)c1ccccc1. The number of hydrogen-bond acceptors (Lipinski definition) is 4. The summed E-state index contributed by atoms with van der Waals surface area (Å²) < 4.78 is 0. The van der Waals surface area contributed by atoms with Crippen molar-refractivity contribution in [1.82, 2.24) is 0 Å². The standard InChI is InChI=1S/C16H18N2O3/c1-2-17(14-8-4-3-5-9-14)12-16(19)13-7-6-10-15(11-13)18(20)21/h3-11,16,19H,2,12H2,1H3. The van der Waals surface area contributed by atoms with Crippen LogP contribution in [-0.4, -0.2) is 23.1 Å². The Bertz CT molecular complexity index is 601. The second-order valence-corrected chi connectivity index (χ2v) is 4.74. The van der Waals surface area contributed by atoms with Crippen molar-refractivity contribution < 1.29 is 10.0 Å². The number of aliphatic hydroxyl groups excluding tert-OH is 1. The molecule has 21 heavy (non-hydrogen) atoms. The van der Waals surface area contributed by atoms with Crippen molar-refractivity contribution in [3.8, 4) is 0 Å². The van der Waals surface area contributed by atoms with Crippen LogP contribution in [-0.2, 0) is 0 Å². The van der Waals surface area contributed by atoms with Crippen molar-refractivity contribution in [1.29, 1.82) is 0 Å². The molecule has 0 radical (unpaired) electrons. The van der Waals surface area contributed by atoms with Gasteiger partial charge in [0.25, 0.3) is 5.69 Å². The molecule has 0 aliphatic rings. The highest BCUT2D eigenvalue weighted by Crippen LogP contribution is 2.22. The summed E-state index contributed by atoms with van der Waals surface area (Å²) in [5.41, 5.74) is 1.57. The van der Waals surface area contributed by atoms with Crippen molar-refractivity contribution in [2.24, 2.45) is 0 Å². The second kappa shape index (κ2) is 6.85. The van der Waals surface area contributed by atoms with Gasteiger partial charge in [-0.1, -0.05) is 30.3 Å². The quantitative estimate of drug-likeness (QED) is 0.654. The maximum atomic E-state index is 10.8. The van der Waals surface area contributed by atoms with E-state index in [-0.39, 0.29) is 5.69 Å². The van der Waals surface area contributed by atoms with Gasteiger partial charge in [0.2, 0.25) is 0 Å². The molecule has 0 heterocycles. The highest BCUT2D eigenvalue weighted by Gasteiger charge is 2.15. The second-order valence-electron chi connectivity index (χ2n) is 4.74. The molecule has 1 atom stereocenters. The number of likely N-dealkylation sites (N-methyl/N-ethyl adjacent to an activating group) is 1. The molecular weight excluding hydrogens is 268 g/mol. The van der Waals surface area contributed by atoms with E-state index in [0.29, 0.717) is 12.1 Å². The van der Waals surface area contributed by atoms with Crippen LogP contribution in [0.5, 0.6) is 0 Å². The van der Waals surface area contributed by atoms with Crippen LogP contribution >= 0.6 is 0 Å². The van der Waals surface area contributed by atoms with Gasteiger partial charge in [0, 0.05) is 30.9 Å². The fraction of sp³-hybridized carbons (Fsp3) is 0.250. The van der Waals surface area contributed by atoms with Crippen LogP contribution in [0.25, 0.3) is 0 Å². The number of benzene rings is 2. The average Bonchev–Trinajstić information content (AvgIpc) is 2.53. The lowest BCUT2D eigenvalue weighted by Crippen LogP contribution is -2.28. The summed E-state index contributed by atoms with van der Waals surface area (Å²) in [7, 11) is 0. The van der Waals surface area contributed by atoms with Gasteiger partial charge < -0.3 is 10.0 Å². The summed E-state index contributed by atoms with van der Waals surface area (Å²) in [6.07, 6.45) is -0.773. The van der Waals surface area contributed by atoms with Gasteiger partial charge in [-0.25, -0.2) is 0 Å². The molecule has 1 N–H and O–H groups in total. The lowest BCUT2D eigenvalue weighted by atomic mass is 10.1. The Balaban J connectivity index is 2.14. The van der Waals surface area contributed by atoms with Gasteiger partial charge in [0.1, 0.15) is 0 Å². The van der Waals surface area contributed by atoms with E-state index in [1.165, 1.54) is 12.1 Å². The van der Waals surface area contributed by atoms with E-state index in [1.807, 2.05) is 42.2 Å². The van der Waals surface area contributed by atoms with Crippen LogP contribution in [0.15, 0.2) is 54.6 Å². The van der Waals surface area contributed by atoms with Crippen LogP contribution in [0.2, 0.25) is 0 Å². The molecule has 0 aliphatic heterocycles. The number of rotatable bonds is 6. The molecule has 5 heteroatoms. The lowest BCUT2D eigenvalue weighted by molar-refractivity contribution is -0.385. The number of non-ortho nitro benzene ring substituents is 1. The molecule has 2 aromatic rings. The van der Waals surface area contributed by atoms with Gasteiger partial charge in [-0.3, -0.25) is 10.1 Å². The molecule has 5 nitrogen and oxygen atoms in total. The van der Waals surface area contributed by atoms with Gasteiger partial charge in [-0.15, -0.1) is 0 Å². The van der Waals surface area contributed by atoms with E-state index >= 15 is 0 Å². The van der Waals surface area contributed by atoms with Gasteiger partial charge in [-0.2, -0.15) is 0 Å². The Morgan fingerprint density at radius 1 is 1.19 bits per heavy atom. The van der Waals surface area contributed by atoms with Crippen LogP contribution in [0.4, 0.5) is 11.4 Å². The minimum atomic E-state index is -0.773. The van der Waals surface area contributed by atoms with Crippen molar-refractivity contribution in [3.05, 3.63) is 70.3 Å². The number of nitro groups is 1. The van der Waals surface area contributed by atoms with Gasteiger partial charge in [0.05, 0.1) is 11.0 Å².